The summed E-state index contributed by atoms with van der Waals surface area (Å²) in [7, 11) is 0. The van der Waals surface area contributed by atoms with Gasteiger partial charge in [-0.05, 0) is 79.8 Å². The third-order valence-electron chi connectivity index (χ3n) is 4.65. The number of hydrogen-bond donors (Lipinski definition) is 0. The average molecular weight is 417 g/mol. The molecule has 3 rings (SSSR count). The topological polar surface area (TPSA) is 0 Å². The van der Waals surface area contributed by atoms with E-state index < -0.39 is 11.6 Å². The van der Waals surface area contributed by atoms with Gasteiger partial charge in [-0.1, -0.05) is 37.0 Å². The zero-order valence-corrected chi connectivity index (χ0v) is 18.1. The monoisotopic (exact) mass is 416 g/mol. The summed E-state index contributed by atoms with van der Waals surface area (Å²) in [6.45, 7) is 3.87. The van der Waals surface area contributed by atoms with Crippen molar-refractivity contribution in [3.63, 3.8) is 0 Å². The second kappa shape index (κ2) is 10.1. The molecule has 3 aromatic rings. The molecule has 0 N–H and O–H groups in total. The lowest BCUT2D eigenvalue weighted by Gasteiger charge is -2.04. The molecule has 0 aliphatic rings. The van der Waals surface area contributed by atoms with Crippen molar-refractivity contribution in [1.29, 1.82) is 0 Å². The van der Waals surface area contributed by atoms with Gasteiger partial charge >= 0.3 is 0 Å². The third kappa shape index (κ3) is 5.53. The fourth-order valence-electron chi connectivity index (χ4n) is 3.00. The van der Waals surface area contributed by atoms with Crippen LogP contribution in [0.15, 0.2) is 59.5 Å². The Balaban J connectivity index is 1.79. The normalized spacial score (nSPS) is 10.0. The van der Waals surface area contributed by atoms with E-state index in [9.17, 15) is 8.78 Å². The molecule has 0 fully saturated rings. The molecule has 0 aliphatic carbocycles. The van der Waals surface area contributed by atoms with Crippen LogP contribution in [0.1, 0.15) is 46.7 Å². The fourth-order valence-corrected chi connectivity index (χ4v) is 3.41. The highest BCUT2D eigenvalue weighted by atomic mass is 32.2. The van der Waals surface area contributed by atoms with Crippen molar-refractivity contribution in [2.75, 3.05) is 6.26 Å². The molecule has 0 spiro atoms. The molecular weight excluding hydrogens is 394 g/mol. The average Bonchev–Trinajstić information content (AvgIpc) is 2.74. The van der Waals surface area contributed by atoms with E-state index in [1.807, 2.05) is 50.4 Å². The molecule has 150 valence electrons. The van der Waals surface area contributed by atoms with E-state index in [0.29, 0.717) is 18.4 Å². The summed E-state index contributed by atoms with van der Waals surface area (Å²) in [6, 6.07) is 16.5. The first kappa shape index (κ1) is 21.7. The SMILES string of the molecule is CCCc1c(F)cc(C#Cc2ccc(C#Cc3ccc(SC)cc3)c(C)c2)cc1F. The second-order valence-corrected chi connectivity index (χ2v) is 7.81. The molecule has 0 unspecified atom stereocenters. The van der Waals surface area contributed by atoms with E-state index in [0.717, 1.165) is 22.3 Å². The summed E-state index contributed by atoms with van der Waals surface area (Å²) >= 11 is 1.70. The molecule has 0 bridgehead atoms. The first-order chi connectivity index (χ1) is 14.5. The van der Waals surface area contributed by atoms with Crippen molar-refractivity contribution < 1.29 is 8.78 Å². The van der Waals surface area contributed by atoms with Crippen molar-refractivity contribution in [3.05, 3.63) is 99.6 Å². The van der Waals surface area contributed by atoms with E-state index in [4.69, 9.17) is 0 Å². The Hall–Kier alpha value is -3.01. The van der Waals surface area contributed by atoms with E-state index in [1.165, 1.54) is 17.0 Å². The van der Waals surface area contributed by atoms with Crippen molar-refractivity contribution in [1.82, 2.24) is 0 Å². The first-order valence-electron chi connectivity index (χ1n) is 9.77. The summed E-state index contributed by atoms with van der Waals surface area (Å²) in [4.78, 5) is 1.21. The maximum absolute atomic E-state index is 14.1. The predicted molar refractivity (Wildman–Crippen MR) is 122 cm³/mol. The Kier molecular flexibility index (Phi) is 7.34. The quantitative estimate of drug-likeness (QED) is 0.336. The maximum atomic E-state index is 14.1. The molecule has 0 atom stereocenters. The highest BCUT2D eigenvalue weighted by Crippen LogP contribution is 2.17. The lowest BCUT2D eigenvalue weighted by molar-refractivity contribution is 0.552. The maximum Gasteiger partial charge on any atom is 0.130 e. The Morgan fingerprint density at radius 2 is 1.37 bits per heavy atom. The Morgan fingerprint density at radius 3 is 1.97 bits per heavy atom. The van der Waals surface area contributed by atoms with Crippen LogP contribution in [0.4, 0.5) is 8.78 Å². The summed E-state index contributed by atoms with van der Waals surface area (Å²) in [5.74, 6) is 11.2. The lowest BCUT2D eigenvalue weighted by Crippen LogP contribution is -1.96. The minimum atomic E-state index is -0.534. The van der Waals surface area contributed by atoms with Gasteiger partial charge in [0, 0.05) is 32.7 Å². The molecule has 0 saturated heterocycles. The Bertz CT molecular complexity index is 1150. The molecule has 0 aliphatic heterocycles. The van der Waals surface area contributed by atoms with Crippen LogP contribution in [0, 0.1) is 42.2 Å². The van der Waals surface area contributed by atoms with E-state index >= 15 is 0 Å². The van der Waals surface area contributed by atoms with Gasteiger partial charge in [0.25, 0.3) is 0 Å². The van der Waals surface area contributed by atoms with Crippen LogP contribution in [-0.4, -0.2) is 6.26 Å². The first-order valence-corrected chi connectivity index (χ1v) is 11.0. The fraction of sp³-hybridized carbons (Fsp3) is 0.185. The molecule has 0 nitrogen and oxygen atoms in total. The smallest absolute Gasteiger partial charge is 0.130 e. The van der Waals surface area contributed by atoms with Crippen LogP contribution in [0.25, 0.3) is 0 Å². The molecule has 30 heavy (non-hydrogen) atoms. The van der Waals surface area contributed by atoms with Crippen LogP contribution in [-0.2, 0) is 6.42 Å². The van der Waals surface area contributed by atoms with Crippen molar-refractivity contribution >= 4 is 11.8 Å². The largest absolute Gasteiger partial charge is 0.207 e. The zero-order valence-electron chi connectivity index (χ0n) is 17.3. The van der Waals surface area contributed by atoms with Gasteiger partial charge in [0.1, 0.15) is 11.6 Å². The molecule has 0 aromatic heterocycles. The van der Waals surface area contributed by atoms with Crippen LogP contribution in [0.5, 0.6) is 0 Å². The Morgan fingerprint density at radius 1 is 0.767 bits per heavy atom. The molecule has 3 aromatic carbocycles. The standard InChI is InChI=1S/C27H22F2S/c1-4-5-25-26(28)17-22(18-27(25)29)7-6-21-9-13-23(19(2)16-21)12-8-20-10-14-24(30-3)15-11-20/h9-11,13-18H,4-5H2,1-3H3. The molecule has 3 heteroatoms. The van der Waals surface area contributed by atoms with E-state index in [2.05, 4.69) is 35.8 Å². The highest BCUT2D eigenvalue weighted by molar-refractivity contribution is 7.98. The summed E-state index contributed by atoms with van der Waals surface area (Å²) in [5, 5.41) is 0. The number of benzene rings is 3. The van der Waals surface area contributed by atoms with E-state index in [1.54, 1.807) is 11.8 Å². The summed E-state index contributed by atoms with van der Waals surface area (Å²) in [5.41, 5.74) is 4.14. The molecule has 0 saturated carbocycles. The Labute approximate surface area is 181 Å². The highest BCUT2D eigenvalue weighted by Gasteiger charge is 2.09. The number of halogens is 2. The minimum Gasteiger partial charge on any atom is -0.207 e. The molecule has 0 radical (unpaired) electrons. The van der Waals surface area contributed by atoms with Crippen molar-refractivity contribution in [2.24, 2.45) is 0 Å². The zero-order chi connectivity index (χ0) is 21.5. The summed E-state index contributed by atoms with van der Waals surface area (Å²) in [6.07, 6.45) is 3.12. The molecule has 0 heterocycles. The molecule has 0 amide bonds. The third-order valence-corrected chi connectivity index (χ3v) is 5.39. The van der Waals surface area contributed by atoms with Gasteiger partial charge in [0.15, 0.2) is 0 Å². The van der Waals surface area contributed by atoms with Crippen LogP contribution < -0.4 is 0 Å². The van der Waals surface area contributed by atoms with Gasteiger partial charge in [0.05, 0.1) is 0 Å². The number of aryl methyl sites for hydroxylation is 1. The van der Waals surface area contributed by atoms with Gasteiger partial charge in [-0.2, -0.15) is 0 Å². The number of rotatable bonds is 3. The van der Waals surface area contributed by atoms with Gasteiger partial charge in [-0.3, -0.25) is 0 Å². The van der Waals surface area contributed by atoms with Gasteiger partial charge in [0.2, 0.25) is 0 Å². The second-order valence-electron chi connectivity index (χ2n) is 6.93. The predicted octanol–water partition coefficient (Wildman–Crippen LogP) is 6.75. The van der Waals surface area contributed by atoms with Crippen LogP contribution in [0.3, 0.4) is 0 Å². The van der Waals surface area contributed by atoms with Gasteiger partial charge in [-0.15, -0.1) is 11.8 Å². The van der Waals surface area contributed by atoms with Crippen molar-refractivity contribution in [2.45, 2.75) is 31.6 Å². The van der Waals surface area contributed by atoms with Crippen molar-refractivity contribution in [3.8, 4) is 23.7 Å². The number of thioether (sulfide) groups is 1. The van der Waals surface area contributed by atoms with Crippen LogP contribution in [0.2, 0.25) is 0 Å². The summed E-state index contributed by atoms with van der Waals surface area (Å²) < 4.78 is 28.2. The van der Waals surface area contributed by atoms with E-state index in [-0.39, 0.29) is 5.56 Å². The minimum absolute atomic E-state index is 0.130. The van der Waals surface area contributed by atoms with Gasteiger partial charge < -0.3 is 0 Å². The number of hydrogen-bond acceptors (Lipinski definition) is 1. The lowest BCUT2D eigenvalue weighted by atomic mass is 10.0. The van der Waals surface area contributed by atoms with Crippen LogP contribution >= 0.6 is 11.8 Å². The molecular formula is C27H22F2S. The van der Waals surface area contributed by atoms with Gasteiger partial charge in [-0.25, -0.2) is 8.78 Å².